The van der Waals surface area contributed by atoms with Crippen LogP contribution in [0.3, 0.4) is 0 Å². The maximum atomic E-state index is 13.5. The number of carbonyl (C=O) groups excluding carboxylic acids is 1. The highest BCUT2D eigenvalue weighted by Crippen LogP contribution is 2.35. The number of carbonyl (C=O) groups is 1. The average Bonchev–Trinajstić information content (AvgIpc) is 3.50. The lowest BCUT2D eigenvalue weighted by Crippen LogP contribution is -2.57. The fourth-order valence-electron chi connectivity index (χ4n) is 4.37. The van der Waals surface area contributed by atoms with E-state index in [-0.39, 0.29) is 32.0 Å². The van der Waals surface area contributed by atoms with Gasteiger partial charge in [-0.2, -0.15) is 12.8 Å². The number of fused-ring (bicyclic) bond motifs is 1. The molecule has 39 heavy (non-hydrogen) atoms. The SMILES string of the molecule is CC(C)(C)OC(=O)N1CCN(CCNc2nccc(-c3c(-c4ccc(F)cc4)nc4sccn34)n2)S1(C)(=O)O. The van der Waals surface area contributed by atoms with E-state index >= 15 is 0 Å². The topological polar surface area (TPSA) is 125 Å². The third-order valence-corrected chi connectivity index (χ3v) is 9.83. The highest BCUT2D eigenvalue weighted by molar-refractivity contribution is 8.11. The number of amides is 1. The van der Waals surface area contributed by atoms with Crippen LogP contribution in [-0.2, 0) is 14.5 Å². The Bertz CT molecular complexity index is 1590. The zero-order chi connectivity index (χ0) is 28.0. The predicted octanol–water partition coefficient (Wildman–Crippen LogP) is 4.38. The van der Waals surface area contributed by atoms with Gasteiger partial charge >= 0.3 is 6.09 Å². The van der Waals surface area contributed by atoms with Crippen molar-refractivity contribution < 1.29 is 22.7 Å². The second kappa shape index (κ2) is 9.62. The molecule has 5 rings (SSSR count). The largest absolute Gasteiger partial charge is 0.443 e. The van der Waals surface area contributed by atoms with Gasteiger partial charge in [-0.1, -0.05) is 9.72 Å². The van der Waals surface area contributed by atoms with E-state index in [0.717, 1.165) is 26.8 Å². The Morgan fingerprint density at radius 1 is 1.21 bits per heavy atom. The summed E-state index contributed by atoms with van der Waals surface area (Å²) in [5.74, 6) is -0.00758. The van der Waals surface area contributed by atoms with Gasteiger partial charge in [0.2, 0.25) is 5.95 Å². The molecule has 2 N–H and O–H groups in total. The first-order valence-corrected chi connectivity index (χ1v) is 15.4. The zero-order valence-electron chi connectivity index (χ0n) is 22.0. The molecule has 11 nitrogen and oxygen atoms in total. The van der Waals surface area contributed by atoms with Crippen molar-refractivity contribution in [3.05, 3.63) is 53.9 Å². The van der Waals surface area contributed by atoms with Gasteiger partial charge < -0.3 is 10.1 Å². The minimum absolute atomic E-state index is 0.0727. The first-order chi connectivity index (χ1) is 18.3. The van der Waals surface area contributed by atoms with Crippen LogP contribution in [0.25, 0.3) is 27.6 Å². The molecule has 1 saturated heterocycles. The predicted molar refractivity (Wildman–Crippen MR) is 149 cm³/mol. The van der Waals surface area contributed by atoms with Crippen LogP contribution in [0.1, 0.15) is 20.8 Å². The number of halogens is 1. The molecule has 0 radical (unpaired) electrons. The number of thiazole rings is 1. The number of hydrogen-bond donors (Lipinski definition) is 2. The molecule has 3 aromatic heterocycles. The summed E-state index contributed by atoms with van der Waals surface area (Å²) in [7, 11) is -4.60. The average molecular weight is 576 g/mol. The van der Waals surface area contributed by atoms with E-state index in [4.69, 9.17) is 9.72 Å². The van der Waals surface area contributed by atoms with E-state index < -0.39 is 21.4 Å². The van der Waals surface area contributed by atoms with Crippen molar-refractivity contribution in [3.63, 3.8) is 0 Å². The summed E-state index contributed by atoms with van der Waals surface area (Å²) in [6, 6.07) is 7.90. The lowest BCUT2D eigenvalue weighted by molar-refractivity contribution is 0.0392. The zero-order valence-corrected chi connectivity index (χ0v) is 23.6. The van der Waals surface area contributed by atoms with Crippen molar-refractivity contribution in [2.24, 2.45) is 0 Å². The van der Waals surface area contributed by atoms with E-state index in [9.17, 15) is 17.9 Å². The van der Waals surface area contributed by atoms with Crippen LogP contribution in [-0.4, -0.2) is 80.9 Å². The Hall–Kier alpha value is -3.46. The summed E-state index contributed by atoms with van der Waals surface area (Å²) in [5.41, 5.74) is 1.98. The number of nitrogens with one attached hydrogen (secondary N) is 1. The summed E-state index contributed by atoms with van der Waals surface area (Å²) in [4.78, 5) is 27.0. The molecule has 1 aliphatic heterocycles. The molecule has 4 aromatic rings. The second-order valence-electron chi connectivity index (χ2n) is 10.3. The summed E-state index contributed by atoms with van der Waals surface area (Å²) >= 11 is 1.48. The highest BCUT2D eigenvalue weighted by Gasteiger charge is 2.46. The molecular weight excluding hydrogens is 545 g/mol. The lowest BCUT2D eigenvalue weighted by atomic mass is 10.1. The van der Waals surface area contributed by atoms with Crippen LogP contribution >= 0.6 is 11.3 Å². The second-order valence-corrected chi connectivity index (χ2v) is 14.5. The van der Waals surface area contributed by atoms with E-state index in [1.807, 2.05) is 16.0 Å². The summed E-state index contributed by atoms with van der Waals surface area (Å²) < 4.78 is 47.7. The quantitative estimate of drug-likeness (QED) is 0.347. The molecular formula is C25H30FN7O4S2. The molecule has 208 valence electrons. The molecule has 1 aromatic carbocycles. The lowest BCUT2D eigenvalue weighted by Gasteiger charge is -2.48. The molecule has 0 bridgehead atoms. The van der Waals surface area contributed by atoms with Crippen molar-refractivity contribution in [2.75, 3.05) is 37.8 Å². The maximum absolute atomic E-state index is 13.5. The Morgan fingerprint density at radius 2 is 1.95 bits per heavy atom. The number of nitrogens with zero attached hydrogens (tertiary/aromatic N) is 6. The van der Waals surface area contributed by atoms with E-state index in [1.165, 1.54) is 27.8 Å². The summed E-state index contributed by atoms with van der Waals surface area (Å²) in [5, 5.41) is 5.03. The Balaban J connectivity index is 1.33. The Labute approximate surface area is 229 Å². The molecule has 1 fully saturated rings. The summed E-state index contributed by atoms with van der Waals surface area (Å²) in [6.07, 6.45) is 3.85. The molecule has 1 amide bonds. The molecule has 0 saturated carbocycles. The molecule has 4 heterocycles. The van der Waals surface area contributed by atoms with Gasteiger partial charge in [0.25, 0.3) is 0 Å². The van der Waals surface area contributed by atoms with Crippen LogP contribution < -0.4 is 5.32 Å². The van der Waals surface area contributed by atoms with Crippen LogP contribution in [0.2, 0.25) is 0 Å². The third-order valence-electron chi connectivity index (χ3n) is 6.17. The van der Waals surface area contributed by atoms with Gasteiger partial charge in [-0.05, 0) is 51.1 Å². The number of anilines is 1. The van der Waals surface area contributed by atoms with Crippen molar-refractivity contribution in [1.82, 2.24) is 28.0 Å². The van der Waals surface area contributed by atoms with Gasteiger partial charge in [0.05, 0.1) is 24.2 Å². The van der Waals surface area contributed by atoms with E-state index in [0.29, 0.717) is 17.3 Å². The van der Waals surface area contributed by atoms with Crippen molar-refractivity contribution in [3.8, 4) is 22.6 Å². The van der Waals surface area contributed by atoms with Gasteiger partial charge in [0.1, 0.15) is 17.1 Å². The number of hydrogen-bond acceptors (Lipinski definition) is 8. The number of aromatic nitrogens is 4. The van der Waals surface area contributed by atoms with Gasteiger partial charge in [0, 0.05) is 43.0 Å². The minimum atomic E-state index is -4.60. The number of imidazole rings is 1. The van der Waals surface area contributed by atoms with Gasteiger partial charge in [-0.25, -0.2) is 24.1 Å². The smallest absolute Gasteiger partial charge is 0.429 e. The van der Waals surface area contributed by atoms with Crippen molar-refractivity contribution >= 4 is 38.1 Å². The third kappa shape index (κ3) is 5.37. The Morgan fingerprint density at radius 3 is 2.67 bits per heavy atom. The molecule has 0 aliphatic carbocycles. The normalized spacial score (nSPS) is 18.1. The van der Waals surface area contributed by atoms with Crippen LogP contribution in [0.4, 0.5) is 15.1 Å². The van der Waals surface area contributed by atoms with E-state index in [1.54, 1.807) is 45.2 Å². The van der Waals surface area contributed by atoms with Gasteiger partial charge in [-0.3, -0.25) is 8.95 Å². The van der Waals surface area contributed by atoms with Crippen molar-refractivity contribution in [1.29, 1.82) is 0 Å². The summed E-state index contributed by atoms with van der Waals surface area (Å²) in [6.45, 7) is 5.81. The van der Waals surface area contributed by atoms with Crippen LogP contribution in [0, 0.1) is 5.82 Å². The molecule has 1 aliphatic rings. The molecule has 14 heteroatoms. The number of benzene rings is 1. The monoisotopic (exact) mass is 575 g/mol. The highest BCUT2D eigenvalue weighted by atomic mass is 32.3. The minimum Gasteiger partial charge on any atom is -0.443 e. The standard InChI is InChI=1S/C25H30FN7O4S2/c1-25(2,3)37-24(34)33-14-13-31(39(33,4,35)36)12-11-28-22-27-10-9-19(29-22)21-20(17-5-7-18(26)8-6-17)30-23-32(21)15-16-38-23/h5-10,15-16H,11-14H2,1-4H3,(H,35,36)(H,27,28,29). The first kappa shape index (κ1) is 27.1. The van der Waals surface area contributed by atoms with E-state index in [2.05, 4.69) is 15.3 Å². The van der Waals surface area contributed by atoms with Gasteiger partial charge in [0.15, 0.2) is 4.96 Å². The first-order valence-electron chi connectivity index (χ1n) is 12.2. The van der Waals surface area contributed by atoms with Crippen LogP contribution in [0.5, 0.6) is 0 Å². The fourth-order valence-corrected chi connectivity index (χ4v) is 7.26. The van der Waals surface area contributed by atoms with Crippen molar-refractivity contribution in [2.45, 2.75) is 26.4 Å². The molecule has 0 atom stereocenters. The fraction of sp³-hybridized carbons (Fsp3) is 0.360. The van der Waals surface area contributed by atoms with Crippen LogP contribution in [0.15, 0.2) is 48.1 Å². The number of rotatable bonds is 6. The Kier molecular flexibility index (Phi) is 6.69. The maximum Gasteiger partial charge on any atom is 0.429 e. The van der Waals surface area contributed by atoms with Gasteiger partial charge in [-0.15, -0.1) is 11.3 Å². The molecule has 0 unspecified atom stereocenters. The number of ether oxygens (including phenoxy) is 1. The molecule has 0 spiro atoms.